The summed E-state index contributed by atoms with van der Waals surface area (Å²) in [6.07, 6.45) is 2.67. The number of thiophene rings is 1. The predicted octanol–water partition coefficient (Wildman–Crippen LogP) is 3.52. The molecule has 0 radical (unpaired) electrons. The summed E-state index contributed by atoms with van der Waals surface area (Å²) in [6, 6.07) is 8.02. The molecule has 2 aromatic rings. The Labute approximate surface area is 205 Å². The Hall–Kier alpha value is -2.42. The summed E-state index contributed by atoms with van der Waals surface area (Å²) in [5.41, 5.74) is 3.40. The zero-order chi connectivity index (χ0) is 24.1. The first-order chi connectivity index (χ1) is 16.5. The zero-order valence-electron chi connectivity index (χ0n) is 20.2. The van der Waals surface area contributed by atoms with Gasteiger partial charge in [0.25, 0.3) is 0 Å². The molecule has 0 spiro atoms. The van der Waals surface area contributed by atoms with Crippen LogP contribution in [0.2, 0.25) is 0 Å². The van der Waals surface area contributed by atoms with E-state index >= 15 is 0 Å². The molecule has 4 rings (SSSR count). The maximum atomic E-state index is 13.6. The second-order valence-corrected chi connectivity index (χ2v) is 10.1. The van der Waals surface area contributed by atoms with Crippen LogP contribution in [-0.2, 0) is 25.5 Å². The maximum absolute atomic E-state index is 13.6. The highest BCUT2D eigenvalue weighted by Crippen LogP contribution is 2.34. The third-order valence-corrected chi connectivity index (χ3v) is 7.53. The quantitative estimate of drug-likeness (QED) is 0.543. The lowest BCUT2D eigenvalue weighted by Gasteiger charge is -2.37. The van der Waals surface area contributed by atoms with E-state index < -0.39 is 0 Å². The van der Waals surface area contributed by atoms with Gasteiger partial charge in [-0.15, -0.1) is 11.3 Å². The molecule has 0 aliphatic carbocycles. The van der Waals surface area contributed by atoms with Crippen LogP contribution in [-0.4, -0.2) is 74.3 Å². The maximum Gasteiger partial charge on any atom is 0.249 e. The van der Waals surface area contributed by atoms with E-state index in [4.69, 9.17) is 14.2 Å². The summed E-state index contributed by atoms with van der Waals surface area (Å²) < 4.78 is 17.0. The van der Waals surface area contributed by atoms with Gasteiger partial charge in [-0.25, -0.2) is 0 Å². The molecule has 1 saturated heterocycles. The van der Waals surface area contributed by atoms with Gasteiger partial charge in [0.15, 0.2) is 0 Å². The first-order valence-electron chi connectivity index (χ1n) is 11.9. The van der Waals surface area contributed by atoms with Gasteiger partial charge in [-0.3, -0.25) is 9.59 Å². The van der Waals surface area contributed by atoms with Crippen LogP contribution in [0.5, 0.6) is 5.75 Å². The summed E-state index contributed by atoms with van der Waals surface area (Å²) in [5, 5.41) is 2.08. The standard InChI is InChI=1S/C26H34N2O5S/c1-18-6-7-23(19(2)13-18)33-16-22-21-9-12-34-24(21)8-10-28(22)25(29)15-27(26(30)17-31-3)14-20-5-4-11-32-20/h6-7,9,12-13,20,22H,4-5,8,10-11,14-17H2,1-3H3/t20-,22+/m1/s1. The van der Waals surface area contributed by atoms with Crippen LogP contribution >= 0.6 is 11.3 Å². The Morgan fingerprint density at radius 1 is 1.26 bits per heavy atom. The summed E-state index contributed by atoms with van der Waals surface area (Å²) in [7, 11) is 1.49. The number of amides is 2. The van der Waals surface area contributed by atoms with Gasteiger partial charge in [-0.05, 0) is 61.7 Å². The molecule has 1 aromatic heterocycles. The Morgan fingerprint density at radius 2 is 2.12 bits per heavy atom. The number of methoxy groups -OCH3 is 1. The van der Waals surface area contributed by atoms with Crippen molar-refractivity contribution < 1.29 is 23.8 Å². The molecule has 0 bridgehead atoms. The average Bonchev–Trinajstić information content (AvgIpc) is 3.50. The van der Waals surface area contributed by atoms with E-state index in [0.717, 1.165) is 36.1 Å². The zero-order valence-corrected chi connectivity index (χ0v) is 21.1. The molecular weight excluding hydrogens is 452 g/mol. The molecule has 0 unspecified atom stereocenters. The van der Waals surface area contributed by atoms with E-state index in [0.29, 0.717) is 26.3 Å². The summed E-state index contributed by atoms with van der Waals surface area (Å²) in [4.78, 5) is 31.0. The molecule has 3 heterocycles. The van der Waals surface area contributed by atoms with Crippen LogP contribution in [0.3, 0.4) is 0 Å². The minimum Gasteiger partial charge on any atom is -0.491 e. The second-order valence-electron chi connectivity index (χ2n) is 9.07. The largest absolute Gasteiger partial charge is 0.491 e. The van der Waals surface area contributed by atoms with Crippen molar-refractivity contribution in [3.05, 3.63) is 51.2 Å². The highest BCUT2D eigenvalue weighted by atomic mass is 32.1. The fraction of sp³-hybridized carbons (Fsp3) is 0.538. The van der Waals surface area contributed by atoms with Crippen LogP contribution in [0.15, 0.2) is 29.6 Å². The Kier molecular flexibility index (Phi) is 8.24. The van der Waals surface area contributed by atoms with E-state index in [9.17, 15) is 9.59 Å². The SMILES string of the molecule is COCC(=O)N(CC(=O)N1CCc2sccc2[C@@H]1COc1ccc(C)cc1C)C[C@H]1CCCO1. The number of nitrogens with zero attached hydrogens (tertiary/aromatic N) is 2. The Morgan fingerprint density at radius 3 is 2.85 bits per heavy atom. The fourth-order valence-corrected chi connectivity index (χ4v) is 5.69. The highest BCUT2D eigenvalue weighted by Gasteiger charge is 2.34. The fourth-order valence-electron chi connectivity index (χ4n) is 4.76. The van der Waals surface area contributed by atoms with Crippen LogP contribution in [0.1, 0.15) is 40.5 Å². The monoisotopic (exact) mass is 486 g/mol. The van der Waals surface area contributed by atoms with Gasteiger partial charge >= 0.3 is 0 Å². The number of carbonyl (C=O) groups is 2. The van der Waals surface area contributed by atoms with Crippen molar-refractivity contribution in [2.75, 3.05) is 46.6 Å². The molecule has 0 N–H and O–H groups in total. The van der Waals surface area contributed by atoms with E-state index in [2.05, 4.69) is 24.4 Å². The topological polar surface area (TPSA) is 68.3 Å². The number of aryl methyl sites for hydroxylation is 2. The second kappa shape index (κ2) is 11.3. The predicted molar refractivity (Wildman–Crippen MR) is 131 cm³/mol. The molecule has 8 heteroatoms. The molecule has 1 fully saturated rings. The van der Waals surface area contributed by atoms with E-state index in [1.807, 2.05) is 24.0 Å². The van der Waals surface area contributed by atoms with Gasteiger partial charge in [-0.1, -0.05) is 17.7 Å². The molecule has 34 heavy (non-hydrogen) atoms. The average molecular weight is 487 g/mol. The molecule has 2 atom stereocenters. The van der Waals surface area contributed by atoms with Crippen molar-refractivity contribution in [1.82, 2.24) is 9.80 Å². The first-order valence-corrected chi connectivity index (χ1v) is 12.8. The normalized spacial score (nSPS) is 19.7. The van der Waals surface area contributed by atoms with Crippen molar-refractivity contribution in [2.24, 2.45) is 0 Å². The van der Waals surface area contributed by atoms with Crippen molar-refractivity contribution in [3.63, 3.8) is 0 Å². The lowest BCUT2D eigenvalue weighted by molar-refractivity contribution is -0.145. The third kappa shape index (κ3) is 5.79. The molecule has 7 nitrogen and oxygen atoms in total. The molecule has 1 aromatic carbocycles. The molecule has 2 aliphatic rings. The molecule has 2 amide bonds. The smallest absolute Gasteiger partial charge is 0.249 e. The molecule has 0 saturated carbocycles. The van der Waals surface area contributed by atoms with Gasteiger partial charge < -0.3 is 24.0 Å². The summed E-state index contributed by atoms with van der Waals surface area (Å²) in [5.74, 6) is 0.562. The van der Waals surface area contributed by atoms with E-state index in [1.165, 1.54) is 17.6 Å². The lowest BCUT2D eigenvalue weighted by atomic mass is 10.00. The van der Waals surface area contributed by atoms with Crippen molar-refractivity contribution in [1.29, 1.82) is 0 Å². The number of rotatable bonds is 9. The number of fused-ring (bicyclic) bond motifs is 1. The van der Waals surface area contributed by atoms with Gasteiger partial charge in [0.2, 0.25) is 11.8 Å². The number of ether oxygens (including phenoxy) is 3. The summed E-state index contributed by atoms with van der Waals surface area (Å²) in [6.45, 7) is 6.16. The third-order valence-electron chi connectivity index (χ3n) is 6.54. The van der Waals surface area contributed by atoms with Crippen molar-refractivity contribution in [2.45, 2.75) is 45.3 Å². The van der Waals surface area contributed by atoms with Crippen molar-refractivity contribution in [3.8, 4) is 5.75 Å². The van der Waals surface area contributed by atoms with Crippen molar-refractivity contribution >= 4 is 23.2 Å². The van der Waals surface area contributed by atoms with E-state index in [-0.39, 0.29) is 37.1 Å². The minimum atomic E-state index is -0.192. The van der Waals surface area contributed by atoms with Gasteiger partial charge in [-0.2, -0.15) is 0 Å². The van der Waals surface area contributed by atoms with Crippen LogP contribution < -0.4 is 4.74 Å². The van der Waals surface area contributed by atoms with Gasteiger partial charge in [0.1, 0.15) is 19.0 Å². The van der Waals surface area contributed by atoms with E-state index in [1.54, 1.807) is 16.2 Å². The first kappa shape index (κ1) is 24.7. The molecule has 184 valence electrons. The molecule has 2 aliphatic heterocycles. The Balaban J connectivity index is 1.49. The Bertz CT molecular complexity index is 1000. The van der Waals surface area contributed by atoms with Gasteiger partial charge in [0, 0.05) is 31.7 Å². The number of hydrogen-bond acceptors (Lipinski definition) is 6. The van der Waals surface area contributed by atoms with Crippen LogP contribution in [0.4, 0.5) is 0 Å². The minimum absolute atomic E-state index is 0.0155. The number of carbonyl (C=O) groups excluding carboxylic acids is 2. The molecular formula is C26H34N2O5S. The van der Waals surface area contributed by atoms with Crippen LogP contribution in [0.25, 0.3) is 0 Å². The number of hydrogen-bond donors (Lipinski definition) is 0. The summed E-state index contributed by atoms with van der Waals surface area (Å²) >= 11 is 1.73. The van der Waals surface area contributed by atoms with Crippen LogP contribution in [0, 0.1) is 13.8 Å². The lowest BCUT2D eigenvalue weighted by Crippen LogP contribution is -2.49. The van der Waals surface area contributed by atoms with Gasteiger partial charge in [0.05, 0.1) is 18.7 Å². The highest BCUT2D eigenvalue weighted by molar-refractivity contribution is 7.10. The number of benzene rings is 1.